The number of hydrogen-bond donors (Lipinski definition) is 3. The number of halogens is 1. The van der Waals surface area contributed by atoms with Gasteiger partial charge in [-0.25, -0.2) is 0 Å². The monoisotopic (exact) mass is 563 g/mol. The molecule has 5 rings (SSSR count). The van der Waals surface area contributed by atoms with Crippen molar-refractivity contribution in [3.8, 4) is 5.88 Å². The van der Waals surface area contributed by atoms with E-state index in [1.807, 2.05) is 32.0 Å². The summed E-state index contributed by atoms with van der Waals surface area (Å²) in [5.74, 6) is -0.965. The van der Waals surface area contributed by atoms with E-state index in [4.69, 9.17) is 10.5 Å². The molecule has 218 valence electrons. The van der Waals surface area contributed by atoms with Crippen LogP contribution in [-0.2, 0) is 16.1 Å². The molecule has 0 spiro atoms. The zero-order chi connectivity index (χ0) is 29.1. The van der Waals surface area contributed by atoms with Crippen molar-refractivity contribution in [1.29, 1.82) is 0 Å². The number of nitrogens with zero attached hydrogens (tertiary/aromatic N) is 4. The second kappa shape index (κ2) is 12.3. The summed E-state index contributed by atoms with van der Waals surface area (Å²) in [6, 6.07) is 7.40. The number of aromatic nitrogens is 3. The van der Waals surface area contributed by atoms with Gasteiger partial charge in [-0.1, -0.05) is 32.6 Å². The van der Waals surface area contributed by atoms with Crippen LogP contribution in [0.2, 0.25) is 0 Å². The Morgan fingerprint density at radius 1 is 1.29 bits per heavy atom. The Kier molecular flexibility index (Phi) is 8.53. The average molecular weight is 564 g/mol. The Morgan fingerprint density at radius 2 is 2.12 bits per heavy atom. The first-order valence-corrected chi connectivity index (χ1v) is 14.3. The molecule has 10 nitrogen and oxygen atoms in total. The molecule has 2 amide bonds. The molecule has 3 aromatic rings. The lowest BCUT2D eigenvalue weighted by molar-refractivity contribution is -0.125. The number of amides is 2. The summed E-state index contributed by atoms with van der Waals surface area (Å²) in [6.07, 6.45) is 6.73. The largest absolute Gasteiger partial charge is 0.472 e. The molecule has 2 aromatic heterocycles. The average Bonchev–Trinajstić information content (AvgIpc) is 3.61. The number of benzene rings is 1. The Labute approximate surface area is 239 Å². The SMILES string of the molecule is C=CC(=O)N1CCC(C(=O)Nc2cccc(CNc3c(F)c(OC4CCCC(N)C4)nc4c(C(C)C)cnn34)c2)C1. The van der Waals surface area contributed by atoms with E-state index in [0.717, 1.165) is 30.4 Å². The number of carbonyl (C=O) groups excluding carboxylic acids is 2. The topological polar surface area (TPSA) is 127 Å². The molecule has 1 aromatic carbocycles. The molecular weight excluding hydrogens is 525 g/mol. The third-order valence-corrected chi connectivity index (χ3v) is 7.85. The second-order valence-electron chi connectivity index (χ2n) is 11.3. The maximum absolute atomic E-state index is 15.9. The summed E-state index contributed by atoms with van der Waals surface area (Å²) in [4.78, 5) is 30.9. The molecule has 3 atom stereocenters. The van der Waals surface area contributed by atoms with Crippen molar-refractivity contribution in [3.05, 3.63) is 60.1 Å². The van der Waals surface area contributed by atoms with Crippen molar-refractivity contribution in [3.63, 3.8) is 0 Å². The van der Waals surface area contributed by atoms with E-state index >= 15 is 4.39 Å². The fourth-order valence-corrected chi connectivity index (χ4v) is 5.55. The number of fused-ring (bicyclic) bond motifs is 1. The Hall–Kier alpha value is -3.99. The maximum atomic E-state index is 15.9. The molecule has 1 aliphatic carbocycles. The van der Waals surface area contributed by atoms with Crippen LogP contribution in [0.3, 0.4) is 0 Å². The number of nitrogens with two attached hydrogens (primary N) is 1. The quantitative estimate of drug-likeness (QED) is 0.333. The van der Waals surface area contributed by atoms with Crippen molar-refractivity contribution >= 4 is 29.0 Å². The third-order valence-electron chi connectivity index (χ3n) is 7.85. The lowest BCUT2D eigenvalue weighted by Crippen LogP contribution is -2.34. The van der Waals surface area contributed by atoms with Crippen molar-refractivity contribution in [2.45, 2.75) is 70.6 Å². The van der Waals surface area contributed by atoms with Gasteiger partial charge in [0, 0.05) is 36.9 Å². The highest BCUT2D eigenvalue weighted by atomic mass is 19.1. The number of carbonyl (C=O) groups is 2. The molecule has 0 radical (unpaired) electrons. The van der Waals surface area contributed by atoms with Crippen LogP contribution in [0.1, 0.15) is 63.0 Å². The van der Waals surface area contributed by atoms with Gasteiger partial charge in [-0.2, -0.15) is 19.0 Å². The molecule has 3 unspecified atom stereocenters. The molecule has 1 saturated heterocycles. The Morgan fingerprint density at radius 3 is 2.88 bits per heavy atom. The van der Waals surface area contributed by atoms with Crippen LogP contribution < -0.4 is 21.1 Å². The summed E-state index contributed by atoms with van der Waals surface area (Å²) >= 11 is 0. The summed E-state index contributed by atoms with van der Waals surface area (Å²) in [7, 11) is 0. The fourth-order valence-electron chi connectivity index (χ4n) is 5.55. The third kappa shape index (κ3) is 6.35. The normalized spacial score (nSPS) is 20.8. The van der Waals surface area contributed by atoms with Crippen molar-refractivity contribution in [1.82, 2.24) is 19.5 Å². The fraction of sp³-hybridized carbons (Fsp3) is 0.467. The molecular formula is C30H38FN7O3. The van der Waals surface area contributed by atoms with Gasteiger partial charge in [0.15, 0.2) is 11.5 Å². The minimum absolute atomic E-state index is 0.0364. The van der Waals surface area contributed by atoms with Gasteiger partial charge in [-0.05, 0) is 61.8 Å². The van der Waals surface area contributed by atoms with E-state index in [-0.39, 0.29) is 54.0 Å². The highest BCUT2D eigenvalue weighted by molar-refractivity contribution is 5.94. The number of rotatable bonds is 9. The number of anilines is 2. The minimum atomic E-state index is -0.612. The molecule has 1 saturated carbocycles. The van der Waals surface area contributed by atoms with Crippen LogP contribution in [-0.4, -0.2) is 56.5 Å². The van der Waals surface area contributed by atoms with Gasteiger partial charge in [-0.3, -0.25) is 9.59 Å². The van der Waals surface area contributed by atoms with Gasteiger partial charge in [0.2, 0.25) is 17.6 Å². The highest BCUT2D eigenvalue weighted by Gasteiger charge is 2.30. The zero-order valence-electron chi connectivity index (χ0n) is 23.6. The standard InChI is InChI=1S/C30H38FN7O3/c1-4-25(39)37-12-11-20(17-37)29(40)35-22-9-5-7-19(13-22)15-33-28-26(31)30(41-23-10-6-8-21(32)14-23)36-27-24(18(2)3)16-34-38(27)28/h4-5,7,9,13,16,18,20-21,23,33H,1,6,8,10-12,14-15,17,32H2,2-3H3,(H,35,40). The summed E-state index contributed by atoms with van der Waals surface area (Å²) in [6.45, 7) is 8.77. The number of likely N-dealkylation sites (tertiary alicyclic amines) is 1. The first-order chi connectivity index (χ1) is 19.7. The van der Waals surface area contributed by atoms with E-state index in [1.54, 1.807) is 17.2 Å². The first kappa shape index (κ1) is 28.5. The number of ether oxygens (including phenoxy) is 1. The molecule has 2 aliphatic rings. The Bertz CT molecular complexity index is 1440. The van der Waals surface area contributed by atoms with Crippen molar-refractivity contribution < 1.29 is 18.7 Å². The van der Waals surface area contributed by atoms with Crippen LogP contribution in [0.15, 0.2) is 43.1 Å². The van der Waals surface area contributed by atoms with Crippen molar-refractivity contribution in [2.24, 2.45) is 11.7 Å². The predicted octanol–water partition coefficient (Wildman–Crippen LogP) is 4.23. The van der Waals surface area contributed by atoms with Crippen LogP contribution in [0.4, 0.5) is 15.9 Å². The van der Waals surface area contributed by atoms with Gasteiger partial charge in [0.25, 0.3) is 5.88 Å². The minimum Gasteiger partial charge on any atom is -0.472 e. The van der Waals surface area contributed by atoms with Gasteiger partial charge in [0.1, 0.15) is 6.10 Å². The van der Waals surface area contributed by atoms with Crippen LogP contribution >= 0.6 is 0 Å². The first-order valence-electron chi connectivity index (χ1n) is 14.3. The summed E-state index contributed by atoms with van der Waals surface area (Å²) in [5.41, 5.74) is 9.03. The summed E-state index contributed by atoms with van der Waals surface area (Å²) < 4.78 is 23.4. The lowest BCUT2D eigenvalue weighted by Gasteiger charge is -2.27. The molecule has 4 N–H and O–H groups in total. The smallest absolute Gasteiger partial charge is 0.256 e. The highest BCUT2D eigenvalue weighted by Crippen LogP contribution is 2.31. The van der Waals surface area contributed by atoms with E-state index in [0.29, 0.717) is 37.3 Å². The lowest BCUT2D eigenvalue weighted by atomic mass is 9.94. The van der Waals surface area contributed by atoms with E-state index in [2.05, 4.69) is 27.3 Å². The van der Waals surface area contributed by atoms with Crippen LogP contribution in [0.25, 0.3) is 5.65 Å². The molecule has 41 heavy (non-hydrogen) atoms. The van der Waals surface area contributed by atoms with Crippen LogP contribution in [0.5, 0.6) is 5.88 Å². The molecule has 0 bridgehead atoms. The van der Waals surface area contributed by atoms with Gasteiger partial charge in [0.05, 0.1) is 12.1 Å². The number of hydrogen-bond acceptors (Lipinski definition) is 7. The zero-order valence-corrected chi connectivity index (χ0v) is 23.6. The maximum Gasteiger partial charge on any atom is 0.256 e. The van der Waals surface area contributed by atoms with Crippen molar-refractivity contribution in [2.75, 3.05) is 23.7 Å². The van der Waals surface area contributed by atoms with E-state index < -0.39 is 5.82 Å². The van der Waals surface area contributed by atoms with Gasteiger partial charge in [-0.15, -0.1) is 0 Å². The summed E-state index contributed by atoms with van der Waals surface area (Å²) in [5, 5.41) is 10.6. The molecule has 1 aliphatic heterocycles. The van der Waals surface area contributed by atoms with Gasteiger partial charge < -0.3 is 26.0 Å². The van der Waals surface area contributed by atoms with Gasteiger partial charge >= 0.3 is 0 Å². The molecule has 2 fully saturated rings. The second-order valence-corrected chi connectivity index (χ2v) is 11.3. The van der Waals surface area contributed by atoms with Crippen LogP contribution in [0, 0.1) is 11.7 Å². The predicted molar refractivity (Wildman–Crippen MR) is 155 cm³/mol. The van der Waals surface area contributed by atoms with E-state index in [1.165, 1.54) is 10.6 Å². The van der Waals surface area contributed by atoms with E-state index in [9.17, 15) is 9.59 Å². The molecule has 11 heteroatoms. The molecule has 3 heterocycles. The Balaban J connectivity index is 1.33. The number of nitrogens with one attached hydrogen (secondary N) is 2.